The van der Waals surface area contributed by atoms with Gasteiger partial charge in [0.05, 0.1) is 12.0 Å². The molecule has 0 saturated heterocycles. The van der Waals surface area contributed by atoms with Crippen molar-refractivity contribution in [3.8, 4) is 0 Å². The molecule has 3 nitrogen and oxygen atoms in total. The van der Waals surface area contributed by atoms with Crippen LogP contribution in [0.1, 0.15) is 26.7 Å². The van der Waals surface area contributed by atoms with E-state index in [1.165, 1.54) is 0 Å². The van der Waals surface area contributed by atoms with E-state index in [0.29, 0.717) is 12.5 Å². The van der Waals surface area contributed by atoms with Crippen LogP contribution in [-0.2, 0) is 14.3 Å². The maximum atomic E-state index is 12.0. The lowest BCUT2D eigenvalue weighted by molar-refractivity contribution is -0.155. The molecule has 2 bridgehead atoms. The minimum atomic E-state index is -0.623. The van der Waals surface area contributed by atoms with Gasteiger partial charge in [0.25, 0.3) is 0 Å². The van der Waals surface area contributed by atoms with Gasteiger partial charge in [-0.1, -0.05) is 11.6 Å². The number of fused-ring (bicyclic) bond motifs is 2. The van der Waals surface area contributed by atoms with Crippen LogP contribution in [0.5, 0.6) is 0 Å². The van der Waals surface area contributed by atoms with Gasteiger partial charge >= 0.3 is 5.97 Å². The number of carbonyl (C=O) groups is 2. The number of ether oxygens (including phenoxy) is 1. The number of carbonyl (C=O) groups excluding carboxylic acids is 2. The number of aldehydes is 1. The summed E-state index contributed by atoms with van der Waals surface area (Å²) in [5, 5.41) is 0. The van der Waals surface area contributed by atoms with E-state index in [0.717, 1.165) is 24.7 Å². The number of allylic oxidation sites excluding steroid dienone is 1. The van der Waals surface area contributed by atoms with Gasteiger partial charge in [-0.25, -0.2) is 0 Å². The predicted octanol–water partition coefficient (Wildman–Crippen LogP) is 1.72. The van der Waals surface area contributed by atoms with E-state index >= 15 is 0 Å². The van der Waals surface area contributed by atoms with E-state index in [-0.39, 0.29) is 11.9 Å². The molecule has 0 aromatic carbocycles. The molecule has 15 heavy (non-hydrogen) atoms. The van der Waals surface area contributed by atoms with Crippen LogP contribution in [0.2, 0.25) is 0 Å². The standard InChI is InChI=1S/C12H16O3/c1-3-15-11(14)12-6-9(4-8(12)2)5-10(12)7-13/h4,7,9-10H,3,5-6H2,1-2H3. The van der Waals surface area contributed by atoms with Crippen molar-refractivity contribution in [2.75, 3.05) is 6.61 Å². The first-order chi connectivity index (χ1) is 7.15. The lowest BCUT2D eigenvalue weighted by Gasteiger charge is -2.30. The summed E-state index contributed by atoms with van der Waals surface area (Å²) in [4.78, 5) is 23.0. The second-order valence-electron chi connectivity index (χ2n) is 4.48. The summed E-state index contributed by atoms with van der Waals surface area (Å²) in [6.45, 7) is 4.11. The molecule has 0 radical (unpaired) electrons. The fourth-order valence-corrected chi connectivity index (χ4v) is 3.09. The molecular formula is C12H16O3. The van der Waals surface area contributed by atoms with Gasteiger partial charge in [-0.05, 0) is 32.6 Å². The largest absolute Gasteiger partial charge is 0.465 e. The molecule has 1 fully saturated rings. The molecule has 2 aliphatic carbocycles. The summed E-state index contributed by atoms with van der Waals surface area (Å²) in [5.74, 6) is 0.00649. The lowest BCUT2D eigenvalue weighted by Crippen LogP contribution is -2.37. The Balaban J connectivity index is 2.34. The van der Waals surface area contributed by atoms with Gasteiger partial charge in [-0.15, -0.1) is 0 Å². The SMILES string of the molecule is CCOC(=O)C12CC(C=C1C)CC2C=O. The number of hydrogen-bond acceptors (Lipinski definition) is 3. The number of esters is 1. The van der Waals surface area contributed by atoms with Crippen molar-refractivity contribution < 1.29 is 14.3 Å². The van der Waals surface area contributed by atoms with Crippen molar-refractivity contribution in [2.45, 2.75) is 26.7 Å². The molecule has 3 unspecified atom stereocenters. The van der Waals surface area contributed by atoms with E-state index in [2.05, 4.69) is 6.08 Å². The Hall–Kier alpha value is -1.12. The zero-order valence-electron chi connectivity index (χ0n) is 9.16. The average molecular weight is 208 g/mol. The molecule has 1 saturated carbocycles. The third-order valence-electron chi connectivity index (χ3n) is 3.77. The number of hydrogen-bond donors (Lipinski definition) is 0. The number of rotatable bonds is 3. The van der Waals surface area contributed by atoms with Gasteiger partial charge in [0, 0.05) is 5.92 Å². The smallest absolute Gasteiger partial charge is 0.316 e. The summed E-state index contributed by atoms with van der Waals surface area (Å²) in [6.07, 6.45) is 4.62. The first kappa shape index (κ1) is 10.4. The summed E-state index contributed by atoms with van der Waals surface area (Å²) >= 11 is 0. The van der Waals surface area contributed by atoms with Gasteiger partial charge in [0.2, 0.25) is 0 Å². The Bertz CT molecular complexity index is 332. The van der Waals surface area contributed by atoms with E-state index in [4.69, 9.17) is 4.74 Å². The third kappa shape index (κ3) is 1.25. The monoisotopic (exact) mass is 208 g/mol. The molecule has 0 amide bonds. The Labute approximate surface area is 89.5 Å². The second-order valence-corrected chi connectivity index (χ2v) is 4.48. The second kappa shape index (κ2) is 3.47. The average Bonchev–Trinajstić information content (AvgIpc) is 2.72. The van der Waals surface area contributed by atoms with Crippen molar-refractivity contribution in [3.05, 3.63) is 11.6 Å². The van der Waals surface area contributed by atoms with Crippen LogP contribution < -0.4 is 0 Å². The zero-order valence-corrected chi connectivity index (χ0v) is 9.16. The van der Waals surface area contributed by atoms with Gasteiger partial charge in [0.1, 0.15) is 6.29 Å². The maximum absolute atomic E-state index is 12.0. The molecule has 0 N–H and O–H groups in total. The van der Waals surface area contributed by atoms with Crippen LogP contribution in [0.4, 0.5) is 0 Å². The normalized spacial score (nSPS) is 37.6. The molecule has 2 aliphatic rings. The Morgan fingerprint density at radius 2 is 2.47 bits per heavy atom. The Morgan fingerprint density at radius 3 is 3.00 bits per heavy atom. The zero-order chi connectivity index (χ0) is 11.1. The van der Waals surface area contributed by atoms with Crippen molar-refractivity contribution in [2.24, 2.45) is 17.3 Å². The first-order valence-electron chi connectivity index (χ1n) is 5.46. The summed E-state index contributed by atoms with van der Waals surface area (Å²) in [5.41, 5.74) is 0.400. The fraction of sp³-hybridized carbons (Fsp3) is 0.667. The molecule has 0 aromatic rings. The molecule has 0 spiro atoms. The van der Waals surface area contributed by atoms with Crippen LogP contribution in [0.3, 0.4) is 0 Å². The van der Waals surface area contributed by atoms with Crippen molar-refractivity contribution in [1.82, 2.24) is 0 Å². The van der Waals surface area contributed by atoms with Gasteiger partial charge < -0.3 is 9.53 Å². The molecular weight excluding hydrogens is 192 g/mol. The molecule has 0 aromatic heterocycles. The summed E-state index contributed by atoms with van der Waals surface area (Å²) in [6, 6.07) is 0. The third-order valence-corrected chi connectivity index (χ3v) is 3.77. The minimum absolute atomic E-state index is 0.174. The highest BCUT2D eigenvalue weighted by atomic mass is 16.5. The van der Waals surface area contributed by atoms with E-state index in [9.17, 15) is 9.59 Å². The van der Waals surface area contributed by atoms with Crippen molar-refractivity contribution in [1.29, 1.82) is 0 Å². The van der Waals surface area contributed by atoms with E-state index in [1.807, 2.05) is 6.92 Å². The topological polar surface area (TPSA) is 43.4 Å². The molecule has 3 atom stereocenters. The van der Waals surface area contributed by atoms with Crippen molar-refractivity contribution in [3.63, 3.8) is 0 Å². The summed E-state index contributed by atoms with van der Waals surface area (Å²) < 4.78 is 5.11. The van der Waals surface area contributed by atoms with Crippen LogP contribution in [-0.4, -0.2) is 18.9 Å². The van der Waals surface area contributed by atoms with Gasteiger partial charge in [-0.3, -0.25) is 4.79 Å². The van der Waals surface area contributed by atoms with Gasteiger partial charge in [0.15, 0.2) is 0 Å². The molecule has 0 heterocycles. The molecule has 2 rings (SSSR count). The highest BCUT2D eigenvalue weighted by Gasteiger charge is 2.57. The fourth-order valence-electron chi connectivity index (χ4n) is 3.09. The van der Waals surface area contributed by atoms with Gasteiger partial charge in [-0.2, -0.15) is 0 Å². The van der Waals surface area contributed by atoms with Crippen molar-refractivity contribution >= 4 is 12.3 Å². The van der Waals surface area contributed by atoms with Crippen LogP contribution >= 0.6 is 0 Å². The van der Waals surface area contributed by atoms with E-state index in [1.54, 1.807) is 6.92 Å². The van der Waals surface area contributed by atoms with Crippen LogP contribution in [0, 0.1) is 17.3 Å². The van der Waals surface area contributed by atoms with Crippen LogP contribution in [0.15, 0.2) is 11.6 Å². The predicted molar refractivity (Wildman–Crippen MR) is 55.1 cm³/mol. The van der Waals surface area contributed by atoms with Crippen LogP contribution in [0.25, 0.3) is 0 Å². The highest BCUT2D eigenvalue weighted by molar-refractivity contribution is 5.86. The van der Waals surface area contributed by atoms with E-state index < -0.39 is 5.41 Å². The first-order valence-corrected chi connectivity index (χ1v) is 5.46. The molecule has 82 valence electrons. The minimum Gasteiger partial charge on any atom is -0.465 e. The molecule has 3 heteroatoms. The Morgan fingerprint density at radius 1 is 1.73 bits per heavy atom. The summed E-state index contributed by atoms with van der Waals surface area (Å²) in [7, 11) is 0. The highest BCUT2D eigenvalue weighted by Crippen LogP contribution is 2.57. The lowest BCUT2D eigenvalue weighted by atomic mass is 9.73. The quantitative estimate of drug-likeness (QED) is 0.403. The maximum Gasteiger partial charge on any atom is 0.316 e. The Kier molecular flexibility index (Phi) is 2.41. The molecule has 0 aliphatic heterocycles.